The molecule has 2 heterocycles. The highest BCUT2D eigenvalue weighted by Gasteiger charge is 2.19. The van der Waals surface area contributed by atoms with E-state index in [1.807, 2.05) is 85.8 Å². The van der Waals surface area contributed by atoms with E-state index in [2.05, 4.69) is 5.32 Å². The number of carbonyl (C=O) groups is 1. The van der Waals surface area contributed by atoms with Crippen molar-refractivity contribution in [2.75, 3.05) is 11.1 Å². The molecule has 0 atom stereocenters. The number of furan rings is 1. The number of hydrogen-bond acceptors (Lipinski definition) is 5. The van der Waals surface area contributed by atoms with Crippen LogP contribution in [0.5, 0.6) is 0 Å². The molecule has 1 N–H and O–H groups in total. The standard InChI is InChI=1S/C26H21N3O3S/c1-2-17-10-6-8-14-20(17)27-22(30)16-33-26-28-23-19-13-7-9-15-21(19)32-24(23)25(31)29(26)18-11-4-3-5-12-18/h3-15H,2,16H2,1H3,(H,27,30). The molecule has 33 heavy (non-hydrogen) atoms. The number of thioether (sulfide) groups is 1. The van der Waals surface area contributed by atoms with Gasteiger partial charge in [-0.3, -0.25) is 14.2 Å². The Morgan fingerprint density at radius 3 is 2.55 bits per heavy atom. The van der Waals surface area contributed by atoms with Crippen LogP contribution in [0.25, 0.3) is 27.8 Å². The molecule has 0 unspecified atom stereocenters. The molecule has 5 aromatic rings. The minimum Gasteiger partial charge on any atom is -0.448 e. The van der Waals surface area contributed by atoms with Crippen LogP contribution in [-0.4, -0.2) is 21.2 Å². The van der Waals surface area contributed by atoms with Gasteiger partial charge in [0.1, 0.15) is 11.1 Å². The number of anilines is 1. The van der Waals surface area contributed by atoms with Gasteiger partial charge < -0.3 is 9.73 Å². The van der Waals surface area contributed by atoms with Crippen molar-refractivity contribution in [1.82, 2.24) is 9.55 Å². The first-order valence-corrected chi connectivity index (χ1v) is 11.6. The van der Waals surface area contributed by atoms with Crippen LogP contribution in [0.4, 0.5) is 5.69 Å². The van der Waals surface area contributed by atoms with E-state index < -0.39 is 0 Å². The molecule has 0 aliphatic rings. The summed E-state index contributed by atoms with van der Waals surface area (Å²) < 4.78 is 7.35. The summed E-state index contributed by atoms with van der Waals surface area (Å²) in [5.41, 5.74) is 3.54. The van der Waals surface area contributed by atoms with Crippen molar-refractivity contribution in [3.05, 3.63) is 94.8 Å². The Kier molecular flexibility index (Phi) is 5.71. The summed E-state index contributed by atoms with van der Waals surface area (Å²) in [6.07, 6.45) is 0.822. The zero-order chi connectivity index (χ0) is 22.8. The summed E-state index contributed by atoms with van der Waals surface area (Å²) in [4.78, 5) is 31.0. The summed E-state index contributed by atoms with van der Waals surface area (Å²) in [5.74, 6) is -0.0505. The van der Waals surface area contributed by atoms with E-state index in [9.17, 15) is 9.59 Å². The minimum atomic E-state index is -0.304. The fourth-order valence-corrected chi connectivity index (χ4v) is 4.60. The maximum absolute atomic E-state index is 13.5. The van der Waals surface area contributed by atoms with Crippen LogP contribution in [-0.2, 0) is 11.2 Å². The lowest BCUT2D eigenvalue weighted by atomic mass is 10.1. The maximum atomic E-state index is 13.5. The molecular weight excluding hydrogens is 434 g/mol. The number of nitrogens with zero attached hydrogens (tertiary/aromatic N) is 2. The zero-order valence-electron chi connectivity index (χ0n) is 17.9. The lowest BCUT2D eigenvalue weighted by molar-refractivity contribution is -0.113. The van der Waals surface area contributed by atoms with E-state index in [1.54, 1.807) is 0 Å². The van der Waals surface area contributed by atoms with Gasteiger partial charge in [-0.15, -0.1) is 0 Å². The number of aryl methyl sites for hydroxylation is 1. The van der Waals surface area contributed by atoms with Crippen LogP contribution >= 0.6 is 11.8 Å². The Hall–Kier alpha value is -3.84. The SMILES string of the molecule is CCc1ccccc1NC(=O)CSc1nc2c(oc3ccccc32)c(=O)n1-c1ccccc1. The third-order valence-electron chi connectivity index (χ3n) is 5.38. The number of benzene rings is 3. The molecule has 3 aromatic carbocycles. The number of nitrogens with one attached hydrogen (secondary N) is 1. The lowest BCUT2D eigenvalue weighted by Gasteiger charge is -2.12. The highest BCUT2D eigenvalue weighted by molar-refractivity contribution is 7.99. The molecule has 2 aromatic heterocycles. The monoisotopic (exact) mass is 455 g/mol. The van der Waals surface area contributed by atoms with Gasteiger partial charge in [-0.2, -0.15) is 0 Å². The summed E-state index contributed by atoms with van der Waals surface area (Å²) in [6, 6.07) is 24.4. The van der Waals surface area contributed by atoms with Crippen molar-refractivity contribution in [3.8, 4) is 5.69 Å². The van der Waals surface area contributed by atoms with Gasteiger partial charge in [-0.25, -0.2) is 4.98 Å². The maximum Gasteiger partial charge on any atom is 0.302 e. The smallest absolute Gasteiger partial charge is 0.302 e. The second kappa shape index (κ2) is 8.96. The number of amides is 1. The Bertz CT molecular complexity index is 1520. The Labute approximate surface area is 194 Å². The first kappa shape index (κ1) is 21.0. The van der Waals surface area contributed by atoms with Gasteiger partial charge in [0.05, 0.1) is 11.4 Å². The van der Waals surface area contributed by atoms with Crippen LogP contribution in [0.2, 0.25) is 0 Å². The van der Waals surface area contributed by atoms with E-state index in [0.29, 0.717) is 21.9 Å². The summed E-state index contributed by atoms with van der Waals surface area (Å²) >= 11 is 1.22. The van der Waals surface area contributed by atoms with Crippen LogP contribution < -0.4 is 10.9 Å². The molecule has 164 valence electrons. The number of fused-ring (bicyclic) bond motifs is 3. The van der Waals surface area contributed by atoms with Crippen LogP contribution in [0.15, 0.2) is 93.2 Å². The fourth-order valence-electron chi connectivity index (χ4n) is 3.79. The summed E-state index contributed by atoms with van der Waals surface area (Å²) in [7, 11) is 0. The predicted molar refractivity (Wildman–Crippen MR) is 132 cm³/mol. The van der Waals surface area contributed by atoms with Gasteiger partial charge >= 0.3 is 5.56 Å². The van der Waals surface area contributed by atoms with E-state index in [-0.39, 0.29) is 22.8 Å². The molecule has 0 aliphatic heterocycles. The third kappa shape index (κ3) is 4.03. The van der Waals surface area contributed by atoms with E-state index >= 15 is 0 Å². The van der Waals surface area contributed by atoms with E-state index in [0.717, 1.165) is 23.1 Å². The molecule has 6 nitrogen and oxygen atoms in total. The van der Waals surface area contributed by atoms with Crippen molar-refractivity contribution in [3.63, 3.8) is 0 Å². The molecule has 0 saturated carbocycles. The Balaban J connectivity index is 1.54. The van der Waals surface area contributed by atoms with E-state index in [4.69, 9.17) is 9.40 Å². The molecule has 0 spiro atoms. The van der Waals surface area contributed by atoms with Gasteiger partial charge in [0, 0.05) is 11.1 Å². The van der Waals surface area contributed by atoms with Gasteiger partial charge in [0.15, 0.2) is 5.16 Å². The first-order valence-electron chi connectivity index (χ1n) is 10.7. The number of para-hydroxylation sites is 3. The molecular formula is C26H21N3O3S. The fraction of sp³-hybridized carbons (Fsp3) is 0.115. The largest absolute Gasteiger partial charge is 0.448 e. The second-order valence-corrected chi connectivity index (χ2v) is 8.44. The van der Waals surface area contributed by atoms with Crippen molar-refractivity contribution in [2.24, 2.45) is 0 Å². The van der Waals surface area contributed by atoms with Crippen molar-refractivity contribution in [1.29, 1.82) is 0 Å². The van der Waals surface area contributed by atoms with Crippen molar-refractivity contribution in [2.45, 2.75) is 18.5 Å². The van der Waals surface area contributed by atoms with Crippen molar-refractivity contribution >= 4 is 45.4 Å². The van der Waals surface area contributed by atoms with Gasteiger partial charge in [0.25, 0.3) is 0 Å². The number of carbonyl (C=O) groups excluding carboxylic acids is 1. The minimum absolute atomic E-state index is 0.110. The quantitative estimate of drug-likeness (QED) is 0.273. The van der Waals surface area contributed by atoms with Crippen molar-refractivity contribution < 1.29 is 9.21 Å². The number of aromatic nitrogens is 2. The first-order chi connectivity index (χ1) is 16.2. The molecule has 7 heteroatoms. The topological polar surface area (TPSA) is 77.1 Å². The molecule has 0 bridgehead atoms. The second-order valence-electron chi connectivity index (χ2n) is 7.49. The molecule has 0 saturated heterocycles. The highest BCUT2D eigenvalue weighted by Crippen LogP contribution is 2.28. The Morgan fingerprint density at radius 2 is 1.73 bits per heavy atom. The van der Waals surface area contributed by atoms with Crippen LogP contribution in [0.3, 0.4) is 0 Å². The summed E-state index contributed by atoms with van der Waals surface area (Å²) in [6.45, 7) is 2.05. The van der Waals surface area contributed by atoms with E-state index in [1.165, 1.54) is 16.3 Å². The van der Waals surface area contributed by atoms with Crippen LogP contribution in [0, 0.1) is 0 Å². The van der Waals surface area contributed by atoms with Crippen LogP contribution in [0.1, 0.15) is 12.5 Å². The molecule has 0 fully saturated rings. The normalized spacial score (nSPS) is 11.2. The number of hydrogen-bond donors (Lipinski definition) is 1. The van der Waals surface area contributed by atoms with Gasteiger partial charge in [-0.05, 0) is 42.3 Å². The number of rotatable bonds is 6. The molecule has 5 rings (SSSR count). The van der Waals surface area contributed by atoms with Gasteiger partial charge in [0.2, 0.25) is 11.5 Å². The third-order valence-corrected chi connectivity index (χ3v) is 6.32. The van der Waals surface area contributed by atoms with Gasteiger partial charge in [-0.1, -0.05) is 67.2 Å². The average molecular weight is 456 g/mol. The zero-order valence-corrected chi connectivity index (χ0v) is 18.8. The Morgan fingerprint density at radius 1 is 1.00 bits per heavy atom. The predicted octanol–water partition coefficient (Wildman–Crippen LogP) is 5.43. The molecule has 1 amide bonds. The lowest BCUT2D eigenvalue weighted by Crippen LogP contribution is -2.22. The summed E-state index contributed by atoms with van der Waals surface area (Å²) in [5, 5.41) is 4.18. The average Bonchev–Trinajstić information content (AvgIpc) is 3.23. The highest BCUT2D eigenvalue weighted by atomic mass is 32.2. The molecule has 0 radical (unpaired) electrons. The molecule has 0 aliphatic carbocycles.